The molecule has 0 radical (unpaired) electrons. The van der Waals surface area contributed by atoms with Gasteiger partial charge in [0.25, 0.3) is 0 Å². The topological polar surface area (TPSA) is 50.2 Å². The standard InChI is InChI=1S/C12H17ClN4O/c1-8-11(9-2-4-16(8)5-3-9)15-12(18)17-7-10(13)6-14-17/h6-9,11H,2-5H2,1H3,(H,15,18)/t8-,11+/m1/s1. The van der Waals surface area contributed by atoms with E-state index in [0.717, 1.165) is 13.1 Å². The number of rotatable bonds is 1. The average Bonchev–Trinajstić information content (AvgIpc) is 2.81. The second kappa shape index (κ2) is 4.55. The Bertz CT molecular complexity index is 451. The molecule has 98 valence electrons. The third-order valence-corrected chi connectivity index (χ3v) is 4.42. The summed E-state index contributed by atoms with van der Waals surface area (Å²) in [4.78, 5) is 14.5. The molecule has 0 spiro atoms. The molecule has 0 aliphatic carbocycles. The van der Waals surface area contributed by atoms with Gasteiger partial charge in [-0.2, -0.15) is 9.78 Å². The molecule has 1 amide bonds. The summed E-state index contributed by atoms with van der Waals surface area (Å²) >= 11 is 5.77. The van der Waals surface area contributed by atoms with Gasteiger partial charge in [-0.1, -0.05) is 11.6 Å². The van der Waals surface area contributed by atoms with Crippen LogP contribution in [0.5, 0.6) is 0 Å². The van der Waals surface area contributed by atoms with Gasteiger partial charge in [-0.15, -0.1) is 0 Å². The smallest absolute Gasteiger partial charge is 0.332 e. The van der Waals surface area contributed by atoms with Crippen LogP contribution in [0, 0.1) is 5.92 Å². The largest absolute Gasteiger partial charge is 0.342 e. The lowest BCUT2D eigenvalue weighted by molar-refractivity contribution is 0.0266. The number of fused-ring (bicyclic) bond motifs is 3. The Labute approximate surface area is 111 Å². The zero-order valence-corrected chi connectivity index (χ0v) is 11.1. The minimum absolute atomic E-state index is 0.188. The van der Waals surface area contributed by atoms with E-state index in [9.17, 15) is 4.79 Å². The average molecular weight is 269 g/mol. The third-order valence-electron chi connectivity index (χ3n) is 4.23. The number of halogens is 1. The van der Waals surface area contributed by atoms with Gasteiger partial charge in [0.1, 0.15) is 0 Å². The van der Waals surface area contributed by atoms with Crippen molar-refractivity contribution in [3.63, 3.8) is 0 Å². The molecule has 2 bridgehead atoms. The van der Waals surface area contributed by atoms with Gasteiger partial charge in [0, 0.05) is 12.1 Å². The zero-order chi connectivity index (χ0) is 12.7. The highest BCUT2D eigenvalue weighted by molar-refractivity contribution is 6.30. The van der Waals surface area contributed by atoms with Crippen molar-refractivity contribution in [3.8, 4) is 0 Å². The molecular formula is C12H17ClN4O. The molecule has 18 heavy (non-hydrogen) atoms. The van der Waals surface area contributed by atoms with Gasteiger partial charge in [-0.3, -0.25) is 4.90 Å². The summed E-state index contributed by atoms with van der Waals surface area (Å²) in [7, 11) is 0. The Morgan fingerprint density at radius 2 is 2.22 bits per heavy atom. The van der Waals surface area contributed by atoms with Crippen molar-refractivity contribution in [1.29, 1.82) is 0 Å². The lowest BCUT2D eigenvalue weighted by Gasteiger charge is -2.49. The molecule has 6 heteroatoms. The fourth-order valence-electron chi connectivity index (χ4n) is 3.17. The van der Waals surface area contributed by atoms with Gasteiger partial charge in [0.2, 0.25) is 0 Å². The lowest BCUT2D eigenvalue weighted by Crippen LogP contribution is -2.62. The minimum atomic E-state index is -0.188. The van der Waals surface area contributed by atoms with Gasteiger partial charge in [0.05, 0.1) is 17.4 Å². The van der Waals surface area contributed by atoms with Crippen molar-refractivity contribution < 1.29 is 4.79 Å². The Balaban J connectivity index is 1.71. The zero-order valence-electron chi connectivity index (χ0n) is 10.3. The first-order valence-electron chi connectivity index (χ1n) is 6.40. The highest BCUT2D eigenvalue weighted by atomic mass is 35.5. The second-order valence-corrected chi connectivity index (χ2v) is 5.63. The molecule has 3 aliphatic rings. The molecular weight excluding hydrogens is 252 g/mol. The number of carbonyl (C=O) groups excluding carboxylic acids is 1. The van der Waals surface area contributed by atoms with Gasteiger partial charge in [-0.05, 0) is 38.8 Å². The van der Waals surface area contributed by atoms with Crippen LogP contribution in [-0.4, -0.2) is 45.9 Å². The number of nitrogens with zero attached hydrogens (tertiary/aromatic N) is 3. The van der Waals surface area contributed by atoms with E-state index in [4.69, 9.17) is 11.6 Å². The molecule has 4 heterocycles. The molecule has 3 aliphatic heterocycles. The molecule has 0 saturated carbocycles. The maximum Gasteiger partial charge on any atom is 0.342 e. The monoisotopic (exact) mass is 268 g/mol. The summed E-state index contributed by atoms with van der Waals surface area (Å²) in [6, 6.07) is 0.447. The third kappa shape index (κ3) is 2.01. The lowest BCUT2D eigenvalue weighted by atomic mass is 9.79. The number of aromatic nitrogens is 2. The Kier molecular flexibility index (Phi) is 3.03. The van der Waals surface area contributed by atoms with Crippen molar-refractivity contribution >= 4 is 17.6 Å². The van der Waals surface area contributed by atoms with Crippen molar-refractivity contribution in [3.05, 3.63) is 17.4 Å². The maximum absolute atomic E-state index is 12.1. The Morgan fingerprint density at radius 1 is 1.50 bits per heavy atom. The molecule has 4 rings (SSSR count). The fourth-order valence-corrected chi connectivity index (χ4v) is 3.30. The van der Waals surface area contributed by atoms with Crippen LogP contribution in [0.15, 0.2) is 12.4 Å². The highest BCUT2D eigenvalue weighted by Crippen LogP contribution is 2.32. The number of piperidine rings is 3. The molecule has 1 aromatic heterocycles. The molecule has 1 N–H and O–H groups in total. The van der Waals surface area contributed by atoms with E-state index in [0.29, 0.717) is 17.0 Å². The first-order valence-corrected chi connectivity index (χ1v) is 6.78. The molecule has 5 nitrogen and oxygen atoms in total. The number of amides is 1. The number of hydrogen-bond donors (Lipinski definition) is 1. The maximum atomic E-state index is 12.1. The van der Waals surface area contributed by atoms with Gasteiger partial charge in [0.15, 0.2) is 0 Å². The number of nitrogens with one attached hydrogen (secondary N) is 1. The Hall–Kier alpha value is -1.07. The van der Waals surface area contributed by atoms with Crippen LogP contribution in [0.1, 0.15) is 19.8 Å². The van der Waals surface area contributed by atoms with E-state index >= 15 is 0 Å². The van der Waals surface area contributed by atoms with E-state index in [1.165, 1.54) is 29.9 Å². The number of hydrogen-bond acceptors (Lipinski definition) is 3. The fraction of sp³-hybridized carbons (Fsp3) is 0.667. The van der Waals surface area contributed by atoms with Gasteiger partial charge < -0.3 is 5.32 Å². The Morgan fingerprint density at radius 3 is 2.78 bits per heavy atom. The SMILES string of the molecule is C[C@@H]1[C@H](NC(=O)n2cc(Cl)cn2)C2CCN1CC2. The van der Waals surface area contributed by atoms with E-state index in [-0.39, 0.29) is 12.1 Å². The van der Waals surface area contributed by atoms with Crippen LogP contribution >= 0.6 is 11.6 Å². The van der Waals surface area contributed by atoms with Crippen molar-refractivity contribution in [1.82, 2.24) is 20.0 Å². The first-order chi connectivity index (χ1) is 8.65. The summed E-state index contributed by atoms with van der Waals surface area (Å²) in [5.74, 6) is 0.597. The molecule has 3 fully saturated rings. The number of carbonyl (C=O) groups is 1. The van der Waals surface area contributed by atoms with E-state index in [1.807, 2.05) is 0 Å². The molecule has 2 atom stereocenters. The summed E-state index contributed by atoms with van der Waals surface area (Å²) < 4.78 is 1.27. The summed E-state index contributed by atoms with van der Waals surface area (Å²) in [6.45, 7) is 4.50. The summed E-state index contributed by atoms with van der Waals surface area (Å²) in [5, 5.41) is 7.50. The van der Waals surface area contributed by atoms with Crippen LogP contribution in [0.4, 0.5) is 4.79 Å². The predicted molar refractivity (Wildman–Crippen MR) is 68.7 cm³/mol. The quantitative estimate of drug-likeness (QED) is 0.841. The molecule has 1 aromatic rings. The van der Waals surface area contributed by atoms with Crippen LogP contribution in [0.2, 0.25) is 5.02 Å². The van der Waals surface area contributed by atoms with Crippen molar-refractivity contribution in [2.45, 2.75) is 31.8 Å². The van der Waals surface area contributed by atoms with Gasteiger partial charge in [-0.25, -0.2) is 4.79 Å². The first kappa shape index (κ1) is 12.0. The van der Waals surface area contributed by atoms with Gasteiger partial charge >= 0.3 is 6.03 Å². The van der Waals surface area contributed by atoms with E-state index < -0.39 is 0 Å². The van der Waals surface area contributed by atoms with E-state index in [1.54, 1.807) is 0 Å². The predicted octanol–water partition coefficient (Wildman–Crippen LogP) is 1.58. The van der Waals surface area contributed by atoms with Crippen LogP contribution < -0.4 is 5.32 Å². The molecule has 0 unspecified atom stereocenters. The summed E-state index contributed by atoms with van der Waals surface area (Å²) in [5.41, 5.74) is 0. The molecule has 0 aromatic carbocycles. The normalized spacial score (nSPS) is 34.6. The van der Waals surface area contributed by atoms with Crippen molar-refractivity contribution in [2.75, 3.05) is 13.1 Å². The molecule has 3 saturated heterocycles. The van der Waals surface area contributed by atoms with E-state index in [2.05, 4.69) is 22.2 Å². The minimum Gasteiger partial charge on any atom is -0.332 e. The van der Waals surface area contributed by atoms with Crippen LogP contribution in [0.3, 0.4) is 0 Å². The summed E-state index contributed by atoms with van der Waals surface area (Å²) in [6.07, 6.45) is 5.36. The second-order valence-electron chi connectivity index (χ2n) is 5.19. The van der Waals surface area contributed by atoms with Crippen molar-refractivity contribution in [2.24, 2.45) is 5.92 Å². The van der Waals surface area contributed by atoms with Crippen LogP contribution in [-0.2, 0) is 0 Å². The highest BCUT2D eigenvalue weighted by Gasteiger charge is 2.40. The van der Waals surface area contributed by atoms with Crippen LogP contribution in [0.25, 0.3) is 0 Å².